The third kappa shape index (κ3) is 1.22. The van der Waals surface area contributed by atoms with Gasteiger partial charge in [0.2, 0.25) is 0 Å². The molecule has 0 aromatic rings. The lowest BCUT2D eigenvalue weighted by Crippen LogP contribution is -2.42. The molecule has 1 amide bonds. The van der Waals surface area contributed by atoms with Crippen LogP contribution in [0.2, 0.25) is 0 Å². The van der Waals surface area contributed by atoms with Crippen LogP contribution in [0.3, 0.4) is 0 Å². The van der Waals surface area contributed by atoms with E-state index in [0.29, 0.717) is 18.0 Å². The molecule has 0 radical (unpaired) electrons. The molecule has 2 rings (SSSR count). The van der Waals surface area contributed by atoms with Crippen LogP contribution in [0, 0.1) is 18.3 Å². The lowest BCUT2D eigenvalue weighted by molar-refractivity contribution is -0.127. The van der Waals surface area contributed by atoms with E-state index in [9.17, 15) is 4.79 Å². The average molecular weight is 178 g/mol. The maximum atomic E-state index is 11.4. The van der Waals surface area contributed by atoms with Crippen molar-refractivity contribution in [2.45, 2.75) is 25.4 Å². The molecule has 1 N–H and O–H groups in total. The molecule has 3 atom stereocenters. The van der Waals surface area contributed by atoms with Gasteiger partial charge in [0, 0.05) is 25.2 Å². The third-order valence-corrected chi connectivity index (χ3v) is 3.14. The second-order valence-electron chi connectivity index (χ2n) is 3.93. The number of likely N-dealkylation sites (tertiary alicyclic amines) is 1. The van der Waals surface area contributed by atoms with E-state index in [4.69, 9.17) is 6.42 Å². The van der Waals surface area contributed by atoms with Crippen LogP contribution in [0.15, 0.2) is 0 Å². The molecule has 2 aliphatic heterocycles. The first-order valence-corrected chi connectivity index (χ1v) is 4.73. The predicted molar refractivity (Wildman–Crippen MR) is 49.9 cm³/mol. The Morgan fingerprint density at radius 3 is 3.08 bits per heavy atom. The minimum absolute atomic E-state index is 0.149. The summed E-state index contributed by atoms with van der Waals surface area (Å²) in [5.74, 6) is 2.68. The monoisotopic (exact) mass is 178 g/mol. The number of hydrogen-bond acceptors (Lipinski definition) is 2. The number of hydrogen-bond donors (Lipinski definition) is 1. The number of nitrogens with zero attached hydrogens (tertiary/aromatic N) is 1. The highest BCUT2D eigenvalue weighted by molar-refractivity contribution is 5.93. The highest BCUT2D eigenvalue weighted by atomic mass is 16.2. The van der Waals surface area contributed by atoms with Crippen LogP contribution in [-0.2, 0) is 4.79 Å². The fourth-order valence-corrected chi connectivity index (χ4v) is 2.59. The van der Waals surface area contributed by atoms with Gasteiger partial charge in [-0.2, -0.15) is 0 Å². The van der Waals surface area contributed by atoms with Crippen molar-refractivity contribution in [1.82, 2.24) is 10.2 Å². The highest BCUT2D eigenvalue weighted by Crippen LogP contribution is 2.31. The normalized spacial score (nSPS) is 37.2. The quantitative estimate of drug-likeness (QED) is 0.522. The maximum Gasteiger partial charge on any atom is 0.298 e. The van der Waals surface area contributed by atoms with Gasteiger partial charge in [0.15, 0.2) is 0 Å². The van der Waals surface area contributed by atoms with Crippen LogP contribution in [0.25, 0.3) is 0 Å². The van der Waals surface area contributed by atoms with Crippen LogP contribution >= 0.6 is 0 Å². The minimum Gasteiger partial charge on any atom is -0.325 e. The topological polar surface area (TPSA) is 32.3 Å². The molecule has 3 nitrogen and oxygen atoms in total. The van der Waals surface area contributed by atoms with Gasteiger partial charge >= 0.3 is 0 Å². The molecule has 0 saturated carbocycles. The first-order chi connectivity index (χ1) is 6.24. The highest BCUT2D eigenvalue weighted by Gasteiger charge is 2.43. The Morgan fingerprint density at radius 1 is 1.62 bits per heavy atom. The predicted octanol–water partition coefficient (Wildman–Crippen LogP) is -0.172. The fraction of sp³-hybridized carbons (Fsp3) is 0.700. The summed E-state index contributed by atoms with van der Waals surface area (Å²) in [6.45, 7) is 4.01. The number of fused-ring (bicyclic) bond motifs is 1. The number of carbonyl (C=O) groups excluding carboxylic acids is 1. The molecule has 0 bridgehead atoms. The van der Waals surface area contributed by atoms with Crippen molar-refractivity contribution in [3.8, 4) is 12.3 Å². The summed E-state index contributed by atoms with van der Waals surface area (Å²) in [6, 6.07) is 0.666. The molecule has 2 aliphatic rings. The average Bonchev–Trinajstić information content (AvgIpc) is 2.62. The van der Waals surface area contributed by atoms with Gasteiger partial charge in [0.25, 0.3) is 5.91 Å². The van der Waals surface area contributed by atoms with Crippen LogP contribution in [0.5, 0.6) is 0 Å². The zero-order valence-corrected chi connectivity index (χ0v) is 7.79. The van der Waals surface area contributed by atoms with Crippen LogP contribution in [-0.4, -0.2) is 36.0 Å². The molecule has 3 unspecified atom stereocenters. The van der Waals surface area contributed by atoms with E-state index in [1.54, 1.807) is 0 Å². The molecule has 0 aliphatic carbocycles. The van der Waals surface area contributed by atoms with Crippen molar-refractivity contribution >= 4 is 5.91 Å². The van der Waals surface area contributed by atoms with Crippen molar-refractivity contribution in [3.63, 3.8) is 0 Å². The van der Waals surface area contributed by atoms with E-state index in [2.05, 4.69) is 18.2 Å². The minimum atomic E-state index is -0.149. The van der Waals surface area contributed by atoms with Crippen LogP contribution < -0.4 is 5.32 Å². The molecule has 13 heavy (non-hydrogen) atoms. The standard InChI is InChI=1S/C10H14N2O/c1-3-10(13)12-7(2)4-8-5-11-6-9(8)12/h1,7-9,11H,4-6H2,2H3. The first-order valence-electron chi connectivity index (χ1n) is 4.73. The molecule has 0 aromatic heterocycles. The summed E-state index contributed by atoms with van der Waals surface area (Å²) in [5, 5.41) is 3.29. The summed E-state index contributed by atoms with van der Waals surface area (Å²) in [6.07, 6.45) is 6.22. The molecular weight excluding hydrogens is 164 g/mol. The van der Waals surface area contributed by atoms with Crippen molar-refractivity contribution < 1.29 is 4.79 Å². The van der Waals surface area contributed by atoms with E-state index < -0.39 is 0 Å². The molecular formula is C10H14N2O. The number of amides is 1. The van der Waals surface area contributed by atoms with E-state index in [1.807, 2.05) is 4.90 Å². The van der Waals surface area contributed by atoms with Gasteiger partial charge in [0.05, 0.1) is 0 Å². The van der Waals surface area contributed by atoms with E-state index in [-0.39, 0.29) is 5.91 Å². The largest absolute Gasteiger partial charge is 0.325 e. The zero-order chi connectivity index (χ0) is 9.42. The summed E-state index contributed by atoms with van der Waals surface area (Å²) in [4.78, 5) is 13.3. The lowest BCUT2D eigenvalue weighted by Gasteiger charge is -2.24. The Balaban J connectivity index is 2.18. The number of terminal acetylenes is 1. The molecule has 3 heteroatoms. The van der Waals surface area contributed by atoms with Gasteiger partial charge in [0.1, 0.15) is 0 Å². The van der Waals surface area contributed by atoms with Gasteiger partial charge in [-0.25, -0.2) is 0 Å². The molecule has 0 aromatic carbocycles. The van der Waals surface area contributed by atoms with Crippen LogP contribution in [0.1, 0.15) is 13.3 Å². The van der Waals surface area contributed by atoms with Crippen molar-refractivity contribution in [2.24, 2.45) is 5.92 Å². The fourth-order valence-electron chi connectivity index (χ4n) is 2.59. The molecule has 0 spiro atoms. The Bertz CT molecular complexity index is 269. The second-order valence-corrected chi connectivity index (χ2v) is 3.93. The lowest BCUT2D eigenvalue weighted by atomic mass is 10.0. The number of carbonyl (C=O) groups is 1. The van der Waals surface area contributed by atoms with E-state index in [0.717, 1.165) is 19.5 Å². The van der Waals surface area contributed by atoms with E-state index in [1.165, 1.54) is 0 Å². The second kappa shape index (κ2) is 3.04. The Morgan fingerprint density at radius 2 is 2.38 bits per heavy atom. The Hall–Kier alpha value is -1.01. The summed E-state index contributed by atoms with van der Waals surface area (Å²) in [7, 11) is 0. The zero-order valence-electron chi connectivity index (χ0n) is 7.79. The van der Waals surface area contributed by atoms with Gasteiger partial charge < -0.3 is 10.2 Å². The number of rotatable bonds is 0. The summed E-state index contributed by atoms with van der Waals surface area (Å²) < 4.78 is 0. The number of nitrogens with one attached hydrogen (secondary N) is 1. The van der Waals surface area contributed by atoms with Gasteiger partial charge in [-0.1, -0.05) is 0 Å². The maximum absolute atomic E-state index is 11.4. The third-order valence-electron chi connectivity index (χ3n) is 3.14. The van der Waals surface area contributed by atoms with Gasteiger partial charge in [-0.05, 0) is 25.2 Å². The summed E-state index contributed by atoms with van der Waals surface area (Å²) in [5.41, 5.74) is 0. The molecule has 70 valence electrons. The van der Waals surface area contributed by atoms with Gasteiger partial charge in [-0.3, -0.25) is 4.79 Å². The van der Waals surface area contributed by atoms with Crippen molar-refractivity contribution in [2.75, 3.05) is 13.1 Å². The molecule has 2 fully saturated rings. The Labute approximate surface area is 78.5 Å². The SMILES string of the molecule is C#CC(=O)N1C(C)CC2CNCC21. The molecule has 2 saturated heterocycles. The van der Waals surface area contributed by atoms with Crippen LogP contribution in [0.4, 0.5) is 0 Å². The smallest absolute Gasteiger partial charge is 0.298 e. The van der Waals surface area contributed by atoms with E-state index >= 15 is 0 Å². The van der Waals surface area contributed by atoms with Crippen molar-refractivity contribution in [1.29, 1.82) is 0 Å². The Kier molecular flexibility index (Phi) is 2.01. The van der Waals surface area contributed by atoms with Crippen molar-refractivity contribution in [3.05, 3.63) is 0 Å². The molecule has 2 heterocycles. The summed E-state index contributed by atoms with van der Waals surface area (Å²) >= 11 is 0. The van der Waals surface area contributed by atoms with Gasteiger partial charge in [-0.15, -0.1) is 6.42 Å². The first kappa shape index (κ1) is 8.58.